The molecular weight excluding hydrogens is 356 g/mol. The van der Waals surface area contributed by atoms with Gasteiger partial charge >= 0.3 is 0 Å². The number of aromatic nitrogens is 2. The van der Waals surface area contributed by atoms with Crippen molar-refractivity contribution in [2.75, 3.05) is 12.8 Å². The molecular formula is C21H20N4O3. The molecule has 2 heterocycles. The molecule has 0 saturated carbocycles. The molecule has 0 radical (unpaired) electrons. The number of hydrogen-bond acceptors (Lipinski definition) is 5. The van der Waals surface area contributed by atoms with Gasteiger partial charge in [-0.15, -0.1) is 0 Å². The minimum Gasteiger partial charge on any atom is -0.497 e. The number of aromatic amines is 1. The van der Waals surface area contributed by atoms with E-state index in [9.17, 15) is 4.79 Å². The van der Waals surface area contributed by atoms with Gasteiger partial charge in [0.25, 0.3) is 5.91 Å². The van der Waals surface area contributed by atoms with Gasteiger partial charge in [0.05, 0.1) is 18.7 Å². The quantitative estimate of drug-likeness (QED) is 0.490. The summed E-state index contributed by atoms with van der Waals surface area (Å²) in [5, 5.41) is 10.6. The summed E-state index contributed by atoms with van der Waals surface area (Å²) in [7, 11) is 1.61. The summed E-state index contributed by atoms with van der Waals surface area (Å²) in [6.45, 7) is 1.91. The van der Waals surface area contributed by atoms with Crippen LogP contribution < -0.4 is 15.8 Å². The Morgan fingerprint density at radius 1 is 1.21 bits per heavy atom. The molecule has 1 atom stereocenters. The number of nitrogens with one attached hydrogen (secondary N) is 2. The van der Waals surface area contributed by atoms with E-state index in [-0.39, 0.29) is 17.7 Å². The van der Waals surface area contributed by atoms with Crippen LogP contribution in [0.4, 0.5) is 5.82 Å². The smallest absolute Gasteiger partial charge is 0.287 e. The molecule has 0 aliphatic heterocycles. The first-order valence-corrected chi connectivity index (χ1v) is 8.84. The van der Waals surface area contributed by atoms with Crippen LogP contribution in [0.3, 0.4) is 0 Å². The van der Waals surface area contributed by atoms with E-state index in [0.717, 1.165) is 27.8 Å². The number of amides is 1. The zero-order valence-electron chi connectivity index (χ0n) is 15.5. The number of methoxy groups -OCH3 is 1. The maximum Gasteiger partial charge on any atom is 0.287 e. The van der Waals surface area contributed by atoms with Gasteiger partial charge in [0.1, 0.15) is 11.5 Å². The predicted molar refractivity (Wildman–Crippen MR) is 107 cm³/mol. The third-order valence-electron chi connectivity index (χ3n) is 4.65. The normalized spacial score (nSPS) is 12.1. The first-order valence-electron chi connectivity index (χ1n) is 8.84. The van der Waals surface area contributed by atoms with E-state index in [4.69, 9.17) is 14.9 Å². The van der Waals surface area contributed by atoms with Crippen molar-refractivity contribution in [1.29, 1.82) is 0 Å². The molecule has 0 unspecified atom stereocenters. The van der Waals surface area contributed by atoms with Gasteiger partial charge in [-0.3, -0.25) is 9.89 Å². The van der Waals surface area contributed by atoms with Crippen molar-refractivity contribution >= 4 is 22.6 Å². The predicted octanol–water partition coefficient (Wildman–Crippen LogP) is 3.90. The molecule has 2 aromatic heterocycles. The lowest BCUT2D eigenvalue weighted by Crippen LogP contribution is -2.26. The first-order chi connectivity index (χ1) is 13.5. The van der Waals surface area contributed by atoms with Crippen LogP contribution in [-0.2, 0) is 0 Å². The van der Waals surface area contributed by atoms with Gasteiger partial charge in [0, 0.05) is 10.9 Å². The van der Waals surface area contributed by atoms with Gasteiger partial charge in [-0.25, -0.2) is 0 Å². The zero-order valence-corrected chi connectivity index (χ0v) is 15.5. The van der Waals surface area contributed by atoms with Crippen LogP contribution in [0.25, 0.3) is 22.2 Å². The van der Waals surface area contributed by atoms with E-state index < -0.39 is 0 Å². The summed E-state index contributed by atoms with van der Waals surface area (Å²) in [5.74, 6) is 1.71. The van der Waals surface area contributed by atoms with Crippen LogP contribution in [-0.4, -0.2) is 23.2 Å². The fourth-order valence-electron chi connectivity index (χ4n) is 3.06. The molecule has 0 aliphatic rings. The molecule has 2 aromatic carbocycles. The number of benzene rings is 2. The molecule has 28 heavy (non-hydrogen) atoms. The highest BCUT2D eigenvalue weighted by Crippen LogP contribution is 2.28. The van der Waals surface area contributed by atoms with Crippen LogP contribution in [0, 0.1) is 0 Å². The van der Waals surface area contributed by atoms with Gasteiger partial charge in [-0.2, -0.15) is 5.10 Å². The Kier molecular flexibility index (Phi) is 4.49. The third-order valence-corrected chi connectivity index (χ3v) is 4.65. The van der Waals surface area contributed by atoms with Gasteiger partial charge in [-0.1, -0.05) is 12.1 Å². The summed E-state index contributed by atoms with van der Waals surface area (Å²) in [4.78, 5) is 12.6. The lowest BCUT2D eigenvalue weighted by molar-refractivity contribution is 0.0912. The molecule has 1 amide bonds. The van der Waals surface area contributed by atoms with E-state index >= 15 is 0 Å². The number of nitrogens with two attached hydrogens (primary N) is 1. The molecule has 4 N–H and O–H groups in total. The number of fused-ring (bicyclic) bond motifs is 1. The van der Waals surface area contributed by atoms with Crippen LogP contribution in [0.15, 0.2) is 59.0 Å². The van der Waals surface area contributed by atoms with Crippen LogP contribution in [0.5, 0.6) is 5.75 Å². The zero-order chi connectivity index (χ0) is 19.7. The summed E-state index contributed by atoms with van der Waals surface area (Å²) in [6.07, 6.45) is 0. The van der Waals surface area contributed by atoms with Crippen LogP contribution in [0.2, 0.25) is 0 Å². The monoisotopic (exact) mass is 376 g/mol. The van der Waals surface area contributed by atoms with Gasteiger partial charge in [0.2, 0.25) is 0 Å². The number of carbonyl (C=O) groups is 1. The highest BCUT2D eigenvalue weighted by Gasteiger charge is 2.16. The van der Waals surface area contributed by atoms with Crippen molar-refractivity contribution in [3.63, 3.8) is 0 Å². The van der Waals surface area contributed by atoms with E-state index in [2.05, 4.69) is 15.5 Å². The van der Waals surface area contributed by atoms with Crippen molar-refractivity contribution < 1.29 is 13.9 Å². The van der Waals surface area contributed by atoms with Gasteiger partial charge in [-0.05, 0) is 55.0 Å². The Morgan fingerprint density at radius 2 is 2.07 bits per heavy atom. The average molecular weight is 376 g/mol. The van der Waals surface area contributed by atoms with E-state index in [1.807, 2.05) is 49.4 Å². The summed E-state index contributed by atoms with van der Waals surface area (Å²) in [5.41, 5.74) is 8.47. The SMILES string of the molecule is COc1cccc([C@@H](C)NC(=O)c2ccc(-c3ccc4[nH]nc(N)c4c3)o2)c1. The van der Waals surface area contributed by atoms with Crippen LogP contribution >= 0.6 is 0 Å². The topological polar surface area (TPSA) is 106 Å². The van der Waals surface area contributed by atoms with Crippen molar-refractivity contribution in [3.8, 4) is 17.1 Å². The third kappa shape index (κ3) is 3.29. The fraction of sp³-hybridized carbons (Fsp3) is 0.143. The molecule has 0 fully saturated rings. The van der Waals surface area contributed by atoms with E-state index in [1.54, 1.807) is 19.2 Å². The number of furan rings is 1. The molecule has 7 heteroatoms. The van der Waals surface area contributed by atoms with Crippen molar-refractivity contribution in [1.82, 2.24) is 15.5 Å². The Labute approximate surface area is 161 Å². The Balaban J connectivity index is 1.52. The number of ether oxygens (including phenoxy) is 1. The van der Waals surface area contributed by atoms with Gasteiger partial charge in [0.15, 0.2) is 11.6 Å². The second-order valence-electron chi connectivity index (χ2n) is 6.50. The molecule has 4 aromatic rings. The first kappa shape index (κ1) is 17.7. The molecule has 0 aliphatic carbocycles. The number of anilines is 1. The summed E-state index contributed by atoms with van der Waals surface area (Å²) >= 11 is 0. The summed E-state index contributed by atoms with van der Waals surface area (Å²) in [6, 6.07) is 16.5. The second-order valence-corrected chi connectivity index (χ2v) is 6.50. The maximum absolute atomic E-state index is 12.6. The molecule has 0 bridgehead atoms. The van der Waals surface area contributed by atoms with Gasteiger partial charge < -0.3 is 20.2 Å². The number of nitrogen functional groups attached to an aromatic ring is 1. The number of nitrogens with zero attached hydrogens (tertiary/aromatic N) is 1. The molecule has 142 valence electrons. The maximum atomic E-state index is 12.6. The van der Waals surface area contributed by atoms with Crippen molar-refractivity contribution in [2.45, 2.75) is 13.0 Å². The minimum absolute atomic E-state index is 0.196. The minimum atomic E-state index is -0.287. The van der Waals surface area contributed by atoms with Crippen molar-refractivity contribution in [2.24, 2.45) is 0 Å². The Hall–Kier alpha value is -3.74. The highest BCUT2D eigenvalue weighted by atomic mass is 16.5. The van der Waals surface area contributed by atoms with E-state index in [1.165, 1.54) is 0 Å². The molecule has 0 spiro atoms. The lowest BCUT2D eigenvalue weighted by Gasteiger charge is -2.14. The average Bonchev–Trinajstić information content (AvgIpc) is 3.35. The molecule has 0 saturated heterocycles. The highest BCUT2D eigenvalue weighted by molar-refractivity contribution is 5.94. The largest absolute Gasteiger partial charge is 0.497 e. The Morgan fingerprint density at radius 3 is 2.89 bits per heavy atom. The second kappa shape index (κ2) is 7.11. The van der Waals surface area contributed by atoms with Crippen molar-refractivity contribution in [3.05, 3.63) is 65.9 Å². The van der Waals surface area contributed by atoms with Crippen LogP contribution in [0.1, 0.15) is 29.1 Å². The van der Waals surface area contributed by atoms with E-state index in [0.29, 0.717) is 11.6 Å². The number of carbonyl (C=O) groups excluding carboxylic acids is 1. The standard InChI is InChI=1S/C21H20N4O3/c1-12(13-4-3-5-15(10-13)27-2)23-21(26)19-9-8-18(28-19)14-6-7-17-16(11-14)20(22)25-24-17/h3-12H,1-2H3,(H,23,26)(H3,22,24,25)/t12-/m1/s1. The fourth-order valence-corrected chi connectivity index (χ4v) is 3.06. The molecule has 4 rings (SSSR count). The number of rotatable bonds is 5. The molecule has 7 nitrogen and oxygen atoms in total. The summed E-state index contributed by atoms with van der Waals surface area (Å²) < 4.78 is 11.0. The number of hydrogen-bond donors (Lipinski definition) is 3. The lowest BCUT2D eigenvalue weighted by atomic mass is 10.1. The number of H-pyrrole nitrogens is 1. The Bertz CT molecular complexity index is 1150.